The number of para-hydroxylation sites is 1. The van der Waals surface area contributed by atoms with Gasteiger partial charge in [0.05, 0.1) is 24.4 Å². The summed E-state index contributed by atoms with van der Waals surface area (Å²) in [6.45, 7) is 1.58. The fourth-order valence-corrected chi connectivity index (χ4v) is 2.41. The maximum atomic E-state index is 12.0. The zero-order chi connectivity index (χ0) is 16.1. The van der Waals surface area contributed by atoms with Gasteiger partial charge in [0.15, 0.2) is 0 Å². The highest BCUT2D eigenvalue weighted by atomic mass is 35.5. The molecular formula is C16H20Cl2N4O3. The van der Waals surface area contributed by atoms with Crippen LogP contribution in [0.5, 0.6) is 0 Å². The highest BCUT2D eigenvalue weighted by Gasteiger charge is 2.21. The van der Waals surface area contributed by atoms with Crippen molar-refractivity contribution in [3.63, 3.8) is 0 Å². The van der Waals surface area contributed by atoms with Crippen LogP contribution in [0.25, 0.3) is 10.9 Å². The Morgan fingerprint density at radius 1 is 1.24 bits per heavy atom. The summed E-state index contributed by atoms with van der Waals surface area (Å²) in [6.07, 6.45) is 1.13. The minimum atomic E-state index is -0.546. The number of morpholine rings is 1. The van der Waals surface area contributed by atoms with Crippen LogP contribution in [0.3, 0.4) is 0 Å². The van der Waals surface area contributed by atoms with Gasteiger partial charge in [0.1, 0.15) is 6.10 Å². The average molecular weight is 387 g/mol. The number of amides is 2. The average Bonchev–Trinajstić information content (AvgIpc) is 2.61. The number of carbonyl (C=O) groups is 2. The van der Waals surface area contributed by atoms with Crippen molar-refractivity contribution >= 4 is 53.2 Å². The summed E-state index contributed by atoms with van der Waals surface area (Å²) < 4.78 is 5.33. The number of nitrogens with zero attached hydrogens (tertiary/aromatic N) is 1. The molecule has 0 radical (unpaired) electrons. The summed E-state index contributed by atoms with van der Waals surface area (Å²) in [6, 6.07) is 9.32. The molecule has 1 aliphatic rings. The van der Waals surface area contributed by atoms with Crippen LogP contribution in [-0.2, 0) is 14.3 Å². The fraction of sp³-hybridized carbons (Fsp3) is 0.312. The van der Waals surface area contributed by atoms with E-state index in [1.165, 1.54) is 0 Å². The van der Waals surface area contributed by atoms with E-state index in [9.17, 15) is 9.59 Å². The van der Waals surface area contributed by atoms with Crippen LogP contribution < -0.4 is 16.0 Å². The molecule has 2 aromatic rings. The molecular weight excluding hydrogens is 367 g/mol. The second-order valence-corrected chi connectivity index (χ2v) is 5.21. The third kappa shape index (κ3) is 5.54. The molecule has 1 atom stereocenters. The first-order valence-corrected chi connectivity index (χ1v) is 7.47. The zero-order valence-corrected chi connectivity index (χ0v) is 15.0. The van der Waals surface area contributed by atoms with Gasteiger partial charge in [-0.3, -0.25) is 14.6 Å². The van der Waals surface area contributed by atoms with Gasteiger partial charge in [-0.25, -0.2) is 0 Å². The van der Waals surface area contributed by atoms with Gasteiger partial charge in [-0.1, -0.05) is 18.2 Å². The number of nitrogens with one attached hydrogen (secondary N) is 3. The number of anilines is 1. The fourth-order valence-electron chi connectivity index (χ4n) is 2.41. The molecule has 3 N–H and O–H groups in total. The van der Waals surface area contributed by atoms with Gasteiger partial charge in [-0.15, -0.1) is 24.8 Å². The van der Waals surface area contributed by atoms with Crippen molar-refractivity contribution in [1.82, 2.24) is 15.6 Å². The van der Waals surface area contributed by atoms with Crippen molar-refractivity contribution in [2.75, 3.05) is 31.6 Å². The molecule has 136 valence electrons. The minimum Gasteiger partial charge on any atom is -0.366 e. The first kappa shape index (κ1) is 21.1. The zero-order valence-electron chi connectivity index (χ0n) is 13.4. The Morgan fingerprint density at radius 3 is 2.80 bits per heavy atom. The summed E-state index contributed by atoms with van der Waals surface area (Å²) >= 11 is 0. The first-order chi connectivity index (χ1) is 11.2. The van der Waals surface area contributed by atoms with Crippen molar-refractivity contribution < 1.29 is 14.3 Å². The molecule has 1 aromatic heterocycles. The van der Waals surface area contributed by atoms with Crippen molar-refractivity contribution in [1.29, 1.82) is 0 Å². The Balaban J connectivity index is 0.00000156. The highest BCUT2D eigenvalue weighted by Crippen LogP contribution is 2.20. The van der Waals surface area contributed by atoms with Gasteiger partial charge in [0, 0.05) is 24.7 Å². The quantitative estimate of drug-likeness (QED) is 0.732. The maximum Gasteiger partial charge on any atom is 0.250 e. The number of hydrogen-bond acceptors (Lipinski definition) is 5. The van der Waals surface area contributed by atoms with Crippen molar-refractivity contribution in [3.05, 3.63) is 36.5 Å². The molecule has 0 saturated carbocycles. The minimum absolute atomic E-state index is 0. The van der Waals surface area contributed by atoms with Crippen LogP contribution in [0, 0.1) is 0 Å². The number of halogens is 2. The van der Waals surface area contributed by atoms with E-state index in [-0.39, 0.29) is 43.2 Å². The number of ether oxygens (including phenoxy) is 1. The Kier molecular flexibility index (Phi) is 8.57. The van der Waals surface area contributed by atoms with E-state index in [1.54, 1.807) is 12.3 Å². The summed E-state index contributed by atoms with van der Waals surface area (Å²) in [4.78, 5) is 28.2. The Bertz CT molecular complexity index is 718. The van der Waals surface area contributed by atoms with Gasteiger partial charge in [0.2, 0.25) is 5.91 Å². The Morgan fingerprint density at radius 2 is 2.04 bits per heavy atom. The first-order valence-electron chi connectivity index (χ1n) is 7.47. The van der Waals surface area contributed by atoms with Crippen LogP contribution >= 0.6 is 24.8 Å². The molecule has 1 saturated heterocycles. The second kappa shape index (κ2) is 10.1. The number of rotatable bonds is 4. The number of aromatic nitrogens is 1. The second-order valence-electron chi connectivity index (χ2n) is 5.21. The predicted molar refractivity (Wildman–Crippen MR) is 100 cm³/mol. The number of hydrogen-bond donors (Lipinski definition) is 3. The van der Waals surface area contributed by atoms with Crippen LogP contribution in [0.15, 0.2) is 36.5 Å². The van der Waals surface area contributed by atoms with Gasteiger partial charge >= 0.3 is 0 Å². The monoisotopic (exact) mass is 386 g/mol. The molecule has 2 amide bonds. The van der Waals surface area contributed by atoms with E-state index in [4.69, 9.17) is 4.74 Å². The maximum absolute atomic E-state index is 12.0. The van der Waals surface area contributed by atoms with Crippen LogP contribution in [0.2, 0.25) is 0 Å². The lowest BCUT2D eigenvalue weighted by atomic mass is 10.2. The van der Waals surface area contributed by atoms with Gasteiger partial charge < -0.3 is 20.7 Å². The standard InChI is InChI=1S/C16H18N4O3.2ClH/c21-14(10-19-16(22)13-9-17-7-8-23-13)20-12-5-1-3-11-4-2-6-18-15(11)12;;/h1-6,13,17H,7-10H2,(H,19,22)(H,20,21);2*1H. The number of fused-ring (bicyclic) bond motifs is 1. The van der Waals surface area contributed by atoms with E-state index in [1.807, 2.05) is 24.3 Å². The van der Waals surface area contributed by atoms with Gasteiger partial charge in [-0.2, -0.15) is 0 Å². The molecule has 1 aromatic carbocycles. The summed E-state index contributed by atoms with van der Waals surface area (Å²) in [5.41, 5.74) is 1.34. The highest BCUT2D eigenvalue weighted by molar-refractivity contribution is 6.01. The molecule has 0 spiro atoms. The molecule has 2 heterocycles. The van der Waals surface area contributed by atoms with Gasteiger partial charge in [-0.05, 0) is 12.1 Å². The van der Waals surface area contributed by atoms with Gasteiger partial charge in [0.25, 0.3) is 5.91 Å². The van der Waals surface area contributed by atoms with E-state index < -0.39 is 6.10 Å². The molecule has 1 fully saturated rings. The lowest BCUT2D eigenvalue weighted by Gasteiger charge is -2.22. The molecule has 1 aliphatic heterocycles. The third-order valence-corrected chi connectivity index (χ3v) is 3.55. The predicted octanol–water partition coefficient (Wildman–Crippen LogP) is 1.12. The normalized spacial score (nSPS) is 16.2. The smallest absolute Gasteiger partial charge is 0.250 e. The third-order valence-electron chi connectivity index (χ3n) is 3.55. The van der Waals surface area contributed by atoms with E-state index in [2.05, 4.69) is 20.9 Å². The molecule has 3 rings (SSSR count). The molecule has 0 aliphatic carbocycles. The lowest BCUT2D eigenvalue weighted by Crippen LogP contribution is -2.49. The largest absolute Gasteiger partial charge is 0.366 e. The number of pyridine rings is 1. The van der Waals surface area contributed by atoms with Crippen molar-refractivity contribution in [2.45, 2.75) is 6.10 Å². The summed E-state index contributed by atoms with van der Waals surface area (Å²) in [7, 11) is 0. The van der Waals surface area contributed by atoms with Crippen molar-refractivity contribution in [3.8, 4) is 0 Å². The van der Waals surface area contributed by atoms with Crippen LogP contribution in [0.1, 0.15) is 0 Å². The SMILES string of the molecule is Cl.Cl.O=C(CNC(=O)C1CNCCO1)Nc1cccc2cccnc12. The molecule has 25 heavy (non-hydrogen) atoms. The molecule has 0 bridgehead atoms. The van der Waals surface area contributed by atoms with E-state index >= 15 is 0 Å². The summed E-state index contributed by atoms with van der Waals surface area (Å²) in [5, 5.41) is 9.36. The Hall–Kier alpha value is -1.93. The van der Waals surface area contributed by atoms with Crippen molar-refractivity contribution in [2.24, 2.45) is 0 Å². The molecule has 9 heteroatoms. The van der Waals surface area contributed by atoms with Crippen LogP contribution in [-0.4, -0.2) is 49.1 Å². The lowest BCUT2D eigenvalue weighted by molar-refractivity contribution is -0.135. The van der Waals surface area contributed by atoms with E-state index in [0.717, 1.165) is 17.4 Å². The molecule has 7 nitrogen and oxygen atoms in total. The number of benzene rings is 1. The molecule has 1 unspecified atom stereocenters. The topological polar surface area (TPSA) is 92.4 Å². The summed E-state index contributed by atoms with van der Waals surface area (Å²) in [5.74, 6) is -0.594. The van der Waals surface area contributed by atoms with Crippen LogP contribution in [0.4, 0.5) is 5.69 Å². The Labute approximate surface area is 157 Å². The number of carbonyl (C=O) groups excluding carboxylic acids is 2. The van der Waals surface area contributed by atoms with E-state index in [0.29, 0.717) is 18.8 Å².